The molecule has 0 atom stereocenters. The van der Waals surface area contributed by atoms with Gasteiger partial charge in [-0.25, -0.2) is 4.98 Å². The molecule has 0 aliphatic rings. The summed E-state index contributed by atoms with van der Waals surface area (Å²) in [6, 6.07) is 20.4. The highest BCUT2D eigenvalue weighted by Gasteiger charge is 2.20. The molecule has 4 rings (SSSR count). The number of hydrogen-bond donors (Lipinski definition) is 0. The topological polar surface area (TPSA) is 46.1 Å². The van der Waals surface area contributed by atoms with Gasteiger partial charge in [0.15, 0.2) is 5.13 Å². The van der Waals surface area contributed by atoms with Crippen molar-refractivity contribution in [1.82, 2.24) is 9.97 Å². The third kappa shape index (κ3) is 5.07. The third-order valence-electron chi connectivity index (χ3n) is 4.78. The van der Waals surface area contributed by atoms with Crippen LogP contribution in [0, 0.1) is 0 Å². The van der Waals surface area contributed by atoms with E-state index in [9.17, 15) is 4.79 Å². The first-order valence-corrected chi connectivity index (χ1v) is 11.9. The van der Waals surface area contributed by atoms with E-state index in [1.807, 2.05) is 36.4 Å². The average molecular weight is 434 g/mol. The second kappa shape index (κ2) is 9.87. The molecule has 0 spiro atoms. The monoisotopic (exact) mass is 433 g/mol. The molecule has 4 nitrogen and oxygen atoms in total. The van der Waals surface area contributed by atoms with E-state index in [-0.39, 0.29) is 5.91 Å². The van der Waals surface area contributed by atoms with E-state index < -0.39 is 0 Å². The number of carbonyl (C=O) groups excluding carboxylic acids is 1. The van der Waals surface area contributed by atoms with E-state index in [1.165, 1.54) is 11.1 Å². The fourth-order valence-corrected chi connectivity index (χ4v) is 5.04. The van der Waals surface area contributed by atoms with Gasteiger partial charge in [-0.2, -0.15) is 0 Å². The zero-order chi connectivity index (χ0) is 20.8. The summed E-state index contributed by atoms with van der Waals surface area (Å²) >= 11 is 3.21. The Bertz CT molecular complexity index is 1110. The maximum atomic E-state index is 13.2. The van der Waals surface area contributed by atoms with Crippen LogP contribution in [0.2, 0.25) is 0 Å². The fourth-order valence-electron chi connectivity index (χ4n) is 3.14. The number of benzene rings is 2. The molecule has 0 saturated heterocycles. The first-order valence-electron chi connectivity index (χ1n) is 9.93. The number of rotatable bonds is 8. The number of aromatic nitrogens is 2. The summed E-state index contributed by atoms with van der Waals surface area (Å²) in [6.45, 7) is 2.62. The molecule has 0 bridgehead atoms. The fraction of sp³-hybridized carbons (Fsp3) is 0.208. The van der Waals surface area contributed by atoms with Crippen molar-refractivity contribution in [2.45, 2.75) is 25.6 Å². The number of fused-ring (bicyclic) bond motifs is 1. The Morgan fingerprint density at radius 3 is 2.63 bits per heavy atom. The summed E-state index contributed by atoms with van der Waals surface area (Å²) in [7, 11) is 0. The summed E-state index contributed by atoms with van der Waals surface area (Å²) in [5, 5.41) is 0.743. The van der Waals surface area contributed by atoms with Gasteiger partial charge in [0, 0.05) is 18.1 Å². The standard InChI is InChI=1S/C24H23N3OS2/c1-2-18-10-11-21-22(13-18)30-24(26-21)27(15-20-9-6-12-25-14-20)23(28)17-29-16-19-7-4-3-5-8-19/h3-14H,2,15-17H2,1H3. The van der Waals surface area contributed by atoms with Crippen LogP contribution in [0.3, 0.4) is 0 Å². The Morgan fingerprint density at radius 2 is 1.87 bits per heavy atom. The van der Waals surface area contributed by atoms with Crippen molar-refractivity contribution in [2.24, 2.45) is 0 Å². The maximum absolute atomic E-state index is 13.2. The normalized spacial score (nSPS) is 11.0. The smallest absolute Gasteiger partial charge is 0.239 e. The summed E-state index contributed by atoms with van der Waals surface area (Å²) in [5.41, 5.74) is 4.43. The first kappa shape index (κ1) is 20.6. The highest BCUT2D eigenvalue weighted by atomic mass is 32.2. The van der Waals surface area contributed by atoms with Crippen LogP contribution in [-0.4, -0.2) is 21.6 Å². The van der Waals surface area contributed by atoms with Gasteiger partial charge in [-0.05, 0) is 41.3 Å². The van der Waals surface area contributed by atoms with Crippen LogP contribution in [0.4, 0.5) is 5.13 Å². The van der Waals surface area contributed by atoms with Gasteiger partial charge in [0.25, 0.3) is 0 Å². The van der Waals surface area contributed by atoms with Crippen molar-refractivity contribution < 1.29 is 4.79 Å². The van der Waals surface area contributed by atoms with Gasteiger partial charge in [-0.3, -0.25) is 14.7 Å². The Hall–Kier alpha value is -2.70. The van der Waals surface area contributed by atoms with Crippen molar-refractivity contribution in [3.63, 3.8) is 0 Å². The van der Waals surface area contributed by atoms with E-state index in [4.69, 9.17) is 4.98 Å². The Labute approximate surface area is 185 Å². The zero-order valence-electron chi connectivity index (χ0n) is 16.8. The molecular formula is C24H23N3OS2. The Kier molecular flexibility index (Phi) is 6.77. The van der Waals surface area contributed by atoms with Crippen LogP contribution in [-0.2, 0) is 23.5 Å². The number of thiazole rings is 1. The molecule has 0 saturated carbocycles. The van der Waals surface area contributed by atoms with Gasteiger partial charge >= 0.3 is 0 Å². The highest BCUT2D eigenvalue weighted by molar-refractivity contribution is 7.99. The molecule has 1 amide bonds. The number of nitrogens with zero attached hydrogens (tertiary/aromatic N) is 3. The number of anilines is 1. The molecule has 2 heterocycles. The lowest BCUT2D eigenvalue weighted by atomic mass is 10.2. The molecule has 0 aliphatic heterocycles. The van der Waals surface area contributed by atoms with Crippen LogP contribution >= 0.6 is 23.1 Å². The summed E-state index contributed by atoms with van der Waals surface area (Å²) in [5.74, 6) is 1.28. The number of amides is 1. The molecule has 0 fully saturated rings. The second-order valence-electron chi connectivity index (χ2n) is 6.97. The molecule has 0 N–H and O–H groups in total. The Balaban J connectivity index is 1.55. The molecular weight excluding hydrogens is 410 g/mol. The van der Waals surface area contributed by atoms with Crippen molar-refractivity contribution in [2.75, 3.05) is 10.7 Å². The number of carbonyl (C=O) groups is 1. The lowest BCUT2D eigenvalue weighted by Crippen LogP contribution is -2.31. The number of thioether (sulfide) groups is 1. The number of aryl methyl sites for hydroxylation is 1. The Morgan fingerprint density at radius 1 is 1.03 bits per heavy atom. The minimum absolute atomic E-state index is 0.0644. The maximum Gasteiger partial charge on any atom is 0.239 e. The van der Waals surface area contributed by atoms with E-state index in [0.717, 1.165) is 33.1 Å². The van der Waals surface area contributed by atoms with Gasteiger partial charge in [0.05, 0.1) is 22.5 Å². The molecule has 0 aliphatic carbocycles. The predicted octanol–water partition coefficient (Wildman–Crippen LogP) is 5.72. The molecule has 30 heavy (non-hydrogen) atoms. The van der Waals surface area contributed by atoms with Crippen molar-refractivity contribution in [3.05, 3.63) is 89.7 Å². The first-order chi connectivity index (χ1) is 14.7. The largest absolute Gasteiger partial charge is 0.283 e. The van der Waals surface area contributed by atoms with Gasteiger partial charge in [-0.1, -0.05) is 60.7 Å². The van der Waals surface area contributed by atoms with Crippen molar-refractivity contribution >= 4 is 44.4 Å². The molecule has 0 radical (unpaired) electrons. The molecule has 4 aromatic rings. The predicted molar refractivity (Wildman–Crippen MR) is 127 cm³/mol. The van der Waals surface area contributed by atoms with E-state index >= 15 is 0 Å². The van der Waals surface area contributed by atoms with Gasteiger partial charge in [0.1, 0.15) is 0 Å². The highest BCUT2D eigenvalue weighted by Crippen LogP contribution is 2.31. The quantitative estimate of drug-likeness (QED) is 0.356. The molecule has 2 aromatic carbocycles. The van der Waals surface area contributed by atoms with Crippen LogP contribution < -0.4 is 4.90 Å². The molecule has 0 unspecified atom stereocenters. The van der Waals surface area contributed by atoms with Crippen molar-refractivity contribution in [3.8, 4) is 0 Å². The lowest BCUT2D eigenvalue weighted by molar-refractivity contribution is -0.116. The van der Waals surface area contributed by atoms with E-state index in [1.54, 1.807) is 40.4 Å². The summed E-state index contributed by atoms with van der Waals surface area (Å²) in [6.07, 6.45) is 4.53. The zero-order valence-corrected chi connectivity index (χ0v) is 18.5. The van der Waals surface area contributed by atoms with Gasteiger partial charge < -0.3 is 0 Å². The minimum Gasteiger partial charge on any atom is -0.283 e. The summed E-state index contributed by atoms with van der Waals surface area (Å²) < 4.78 is 1.12. The van der Waals surface area contributed by atoms with Crippen LogP contribution in [0.5, 0.6) is 0 Å². The van der Waals surface area contributed by atoms with Crippen LogP contribution in [0.25, 0.3) is 10.2 Å². The number of hydrogen-bond acceptors (Lipinski definition) is 5. The average Bonchev–Trinajstić information content (AvgIpc) is 3.21. The SMILES string of the molecule is CCc1ccc2nc(N(Cc3cccnc3)C(=O)CSCc3ccccc3)sc2c1. The minimum atomic E-state index is 0.0644. The van der Waals surface area contributed by atoms with Gasteiger partial charge in [0.2, 0.25) is 5.91 Å². The van der Waals surface area contributed by atoms with Crippen molar-refractivity contribution in [1.29, 1.82) is 0 Å². The van der Waals surface area contributed by atoms with E-state index in [0.29, 0.717) is 12.3 Å². The molecule has 2 aromatic heterocycles. The lowest BCUT2D eigenvalue weighted by Gasteiger charge is -2.19. The van der Waals surface area contributed by atoms with Crippen LogP contribution in [0.1, 0.15) is 23.6 Å². The third-order valence-corrected chi connectivity index (χ3v) is 6.81. The second-order valence-corrected chi connectivity index (χ2v) is 8.97. The van der Waals surface area contributed by atoms with E-state index in [2.05, 4.69) is 36.2 Å². The van der Waals surface area contributed by atoms with Gasteiger partial charge in [-0.15, -0.1) is 11.8 Å². The number of pyridine rings is 1. The molecule has 6 heteroatoms. The van der Waals surface area contributed by atoms with Crippen LogP contribution in [0.15, 0.2) is 73.1 Å². The molecule has 152 valence electrons. The summed E-state index contributed by atoms with van der Waals surface area (Å²) in [4.78, 5) is 24.0.